The van der Waals surface area contributed by atoms with Crippen LogP contribution in [0.5, 0.6) is 0 Å². The summed E-state index contributed by atoms with van der Waals surface area (Å²) in [6.07, 6.45) is 5.80. The van der Waals surface area contributed by atoms with Crippen molar-refractivity contribution < 1.29 is 14.7 Å². The van der Waals surface area contributed by atoms with Gasteiger partial charge in [-0.25, -0.2) is 0 Å². The van der Waals surface area contributed by atoms with Gasteiger partial charge in [0.25, 0.3) is 0 Å². The number of fused-ring (bicyclic) bond motifs is 1. The predicted octanol–water partition coefficient (Wildman–Crippen LogP) is 1.65. The van der Waals surface area contributed by atoms with Crippen LogP contribution in [0.4, 0.5) is 0 Å². The van der Waals surface area contributed by atoms with Gasteiger partial charge in [-0.2, -0.15) is 5.10 Å². The van der Waals surface area contributed by atoms with Gasteiger partial charge in [0.15, 0.2) is 0 Å². The summed E-state index contributed by atoms with van der Waals surface area (Å²) in [5.74, 6) is 0.261. The predicted molar refractivity (Wildman–Crippen MR) is 105 cm³/mol. The SMILES string of the molecule is O=C1CC[C@@]2(CCCN(C(=O)Cn3ncc4ccccc43)C2)CN1CCCO. The van der Waals surface area contributed by atoms with Crippen molar-refractivity contribution in [1.82, 2.24) is 19.6 Å². The zero-order valence-corrected chi connectivity index (χ0v) is 16.2. The van der Waals surface area contributed by atoms with E-state index in [9.17, 15) is 9.59 Å². The summed E-state index contributed by atoms with van der Waals surface area (Å²) in [6.45, 7) is 3.11. The number of nitrogens with zero attached hydrogens (tertiary/aromatic N) is 4. The molecule has 4 rings (SSSR count). The molecule has 2 saturated heterocycles. The second-order valence-electron chi connectivity index (χ2n) is 8.17. The molecule has 0 bridgehead atoms. The Morgan fingerprint density at radius 1 is 1.21 bits per heavy atom. The highest BCUT2D eigenvalue weighted by Crippen LogP contribution is 2.39. The molecule has 7 nitrogen and oxygen atoms in total. The molecule has 1 aromatic carbocycles. The fourth-order valence-corrected chi connectivity index (χ4v) is 4.70. The molecule has 1 atom stereocenters. The lowest BCUT2D eigenvalue weighted by Gasteiger charge is -2.48. The van der Waals surface area contributed by atoms with Crippen molar-refractivity contribution in [3.05, 3.63) is 30.5 Å². The van der Waals surface area contributed by atoms with Crippen LogP contribution in [0.15, 0.2) is 30.5 Å². The Labute approximate surface area is 164 Å². The number of carbonyl (C=O) groups excluding carboxylic acids is 2. The number of benzene rings is 1. The molecule has 1 spiro atoms. The number of para-hydroxylation sites is 1. The molecule has 0 aliphatic carbocycles. The topological polar surface area (TPSA) is 78.7 Å². The second-order valence-corrected chi connectivity index (χ2v) is 8.17. The lowest BCUT2D eigenvalue weighted by Crippen LogP contribution is -2.55. The number of amides is 2. The zero-order chi connectivity index (χ0) is 19.6. The van der Waals surface area contributed by atoms with E-state index in [0.717, 1.165) is 36.7 Å². The lowest BCUT2D eigenvalue weighted by atomic mass is 9.73. The molecule has 2 aliphatic rings. The van der Waals surface area contributed by atoms with Gasteiger partial charge in [0, 0.05) is 50.0 Å². The van der Waals surface area contributed by atoms with Crippen molar-refractivity contribution in [1.29, 1.82) is 0 Å². The van der Waals surface area contributed by atoms with Crippen LogP contribution in [0.3, 0.4) is 0 Å². The van der Waals surface area contributed by atoms with E-state index in [1.165, 1.54) is 0 Å². The third-order valence-electron chi connectivity index (χ3n) is 6.18. The normalized spacial score (nSPS) is 23.0. The zero-order valence-electron chi connectivity index (χ0n) is 16.2. The fourth-order valence-electron chi connectivity index (χ4n) is 4.70. The summed E-state index contributed by atoms with van der Waals surface area (Å²) < 4.78 is 1.77. The minimum Gasteiger partial charge on any atom is -0.396 e. The van der Waals surface area contributed by atoms with E-state index in [-0.39, 0.29) is 30.4 Å². The van der Waals surface area contributed by atoms with Crippen molar-refractivity contribution in [2.75, 3.05) is 32.8 Å². The quantitative estimate of drug-likeness (QED) is 0.850. The van der Waals surface area contributed by atoms with Crippen LogP contribution >= 0.6 is 0 Å². The van der Waals surface area contributed by atoms with Crippen molar-refractivity contribution in [2.45, 2.75) is 38.6 Å². The minimum atomic E-state index is -0.0105. The van der Waals surface area contributed by atoms with Crippen LogP contribution in [0, 0.1) is 5.41 Å². The maximum atomic E-state index is 13.0. The van der Waals surface area contributed by atoms with Crippen LogP contribution < -0.4 is 0 Å². The Morgan fingerprint density at radius 3 is 2.93 bits per heavy atom. The highest BCUT2D eigenvalue weighted by Gasteiger charge is 2.42. The van der Waals surface area contributed by atoms with Crippen LogP contribution in [0.2, 0.25) is 0 Å². The summed E-state index contributed by atoms with van der Waals surface area (Å²) in [5.41, 5.74) is 0.963. The molecule has 1 aromatic heterocycles. The van der Waals surface area contributed by atoms with Gasteiger partial charge in [0.05, 0.1) is 11.7 Å². The molecule has 0 unspecified atom stereocenters. The molecular weight excluding hydrogens is 356 g/mol. The third kappa shape index (κ3) is 3.76. The lowest BCUT2D eigenvalue weighted by molar-refractivity contribution is -0.143. The first-order valence-electron chi connectivity index (χ1n) is 10.2. The molecule has 7 heteroatoms. The van der Waals surface area contributed by atoms with Crippen LogP contribution in [0.25, 0.3) is 10.9 Å². The maximum Gasteiger partial charge on any atom is 0.244 e. The van der Waals surface area contributed by atoms with Gasteiger partial charge in [-0.1, -0.05) is 18.2 Å². The summed E-state index contributed by atoms with van der Waals surface area (Å²) in [6, 6.07) is 7.91. The second kappa shape index (κ2) is 7.91. The summed E-state index contributed by atoms with van der Waals surface area (Å²) in [7, 11) is 0. The van der Waals surface area contributed by atoms with Crippen LogP contribution in [-0.4, -0.2) is 69.3 Å². The van der Waals surface area contributed by atoms with Crippen LogP contribution in [0.1, 0.15) is 32.1 Å². The number of aliphatic hydroxyl groups excluding tert-OH is 1. The fraction of sp³-hybridized carbons (Fsp3) is 0.571. The molecule has 0 saturated carbocycles. The molecule has 150 valence electrons. The number of piperidine rings is 2. The third-order valence-corrected chi connectivity index (χ3v) is 6.18. The highest BCUT2D eigenvalue weighted by molar-refractivity contribution is 5.82. The molecule has 1 N–H and O–H groups in total. The monoisotopic (exact) mass is 384 g/mol. The number of rotatable bonds is 5. The molecule has 2 aliphatic heterocycles. The van der Waals surface area contributed by atoms with Gasteiger partial charge >= 0.3 is 0 Å². The molecule has 2 aromatic rings. The Morgan fingerprint density at radius 2 is 2.07 bits per heavy atom. The number of hydrogen-bond acceptors (Lipinski definition) is 4. The average molecular weight is 384 g/mol. The first-order chi connectivity index (χ1) is 13.6. The Bertz CT molecular complexity index is 864. The van der Waals surface area contributed by atoms with Gasteiger partial charge in [-0.05, 0) is 31.7 Å². The number of carbonyl (C=O) groups is 2. The van der Waals surface area contributed by atoms with Crippen molar-refractivity contribution in [2.24, 2.45) is 5.41 Å². The molecule has 3 heterocycles. The van der Waals surface area contributed by atoms with Crippen molar-refractivity contribution in [3.63, 3.8) is 0 Å². The standard InChI is InChI=1S/C21H28N4O3/c26-12-4-11-23-15-21(9-7-19(23)27)8-3-10-24(16-21)20(28)14-25-18-6-2-1-5-17(18)13-22-25/h1-2,5-6,13,26H,3-4,7-12,14-16H2/t21-/m0/s1. The minimum absolute atomic E-state index is 0.0105. The number of aliphatic hydroxyl groups is 1. The van der Waals surface area contributed by atoms with E-state index in [4.69, 9.17) is 5.11 Å². The van der Waals surface area contributed by atoms with Gasteiger partial charge < -0.3 is 14.9 Å². The summed E-state index contributed by atoms with van der Waals surface area (Å²) >= 11 is 0. The van der Waals surface area contributed by atoms with Gasteiger partial charge in [0.1, 0.15) is 6.54 Å². The first-order valence-corrected chi connectivity index (χ1v) is 10.2. The molecule has 0 radical (unpaired) electrons. The van der Waals surface area contributed by atoms with Gasteiger partial charge in [0.2, 0.25) is 11.8 Å². The maximum absolute atomic E-state index is 13.0. The number of aromatic nitrogens is 2. The van der Waals surface area contributed by atoms with Crippen LogP contribution in [-0.2, 0) is 16.1 Å². The van der Waals surface area contributed by atoms with E-state index < -0.39 is 0 Å². The molecule has 2 fully saturated rings. The van der Waals surface area contributed by atoms with E-state index in [1.807, 2.05) is 34.1 Å². The summed E-state index contributed by atoms with van der Waals surface area (Å²) in [4.78, 5) is 29.1. The van der Waals surface area contributed by atoms with E-state index in [0.29, 0.717) is 32.5 Å². The Balaban J connectivity index is 1.44. The largest absolute Gasteiger partial charge is 0.396 e. The summed E-state index contributed by atoms with van der Waals surface area (Å²) in [5, 5.41) is 14.5. The van der Waals surface area contributed by atoms with Gasteiger partial charge in [-0.3, -0.25) is 14.3 Å². The molecule has 2 amide bonds. The van der Waals surface area contributed by atoms with Crippen molar-refractivity contribution in [3.8, 4) is 0 Å². The molecule has 28 heavy (non-hydrogen) atoms. The van der Waals surface area contributed by atoms with E-state index in [2.05, 4.69) is 5.10 Å². The van der Waals surface area contributed by atoms with Crippen molar-refractivity contribution >= 4 is 22.7 Å². The van der Waals surface area contributed by atoms with E-state index in [1.54, 1.807) is 10.9 Å². The average Bonchev–Trinajstić information content (AvgIpc) is 3.12. The highest BCUT2D eigenvalue weighted by atomic mass is 16.3. The van der Waals surface area contributed by atoms with Gasteiger partial charge in [-0.15, -0.1) is 0 Å². The number of likely N-dealkylation sites (tertiary alicyclic amines) is 2. The number of hydrogen-bond donors (Lipinski definition) is 1. The Kier molecular flexibility index (Phi) is 5.35. The molecular formula is C21H28N4O3. The smallest absolute Gasteiger partial charge is 0.244 e. The first kappa shape index (κ1) is 18.9. The Hall–Kier alpha value is -2.41. The van der Waals surface area contributed by atoms with E-state index >= 15 is 0 Å².